The van der Waals surface area contributed by atoms with Crippen molar-refractivity contribution in [2.75, 3.05) is 31.6 Å². The standard InChI is InChI=1S/C25H29FN4O6S/c1-14-7-17(3-4-18(14)26)27-23(31)21-22-20(11-29(21)2)37(33,34)28-19-5-6-30(10-16(19)13-35-22)24(32)25-8-15(9-25)12-36-25/h3-4,7,11,15-16,19,28H,5-6,8-10,12-13H2,1-2H3,(H,27,31)/t15?,16-,19-,25?/m1/s1. The molecule has 10 nitrogen and oxygen atoms in total. The van der Waals surface area contributed by atoms with Gasteiger partial charge in [-0.1, -0.05) is 0 Å². The minimum absolute atomic E-state index is 0.0281. The van der Waals surface area contributed by atoms with Crippen LogP contribution in [-0.2, 0) is 26.6 Å². The van der Waals surface area contributed by atoms with Crippen LogP contribution in [0.5, 0.6) is 5.75 Å². The molecule has 4 fully saturated rings. The van der Waals surface area contributed by atoms with Crippen LogP contribution in [0.2, 0.25) is 0 Å². The first-order chi connectivity index (χ1) is 17.6. The molecule has 0 radical (unpaired) electrons. The van der Waals surface area contributed by atoms with Gasteiger partial charge in [0.2, 0.25) is 10.0 Å². The molecule has 1 aliphatic carbocycles. The van der Waals surface area contributed by atoms with Crippen molar-refractivity contribution in [3.8, 4) is 5.75 Å². The lowest BCUT2D eigenvalue weighted by molar-refractivity contribution is -0.157. The van der Waals surface area contributed by atoms with Crippen LogP contribution in [0.15, 0.2) is 29.3 Å². The topological polar surface area (TPSA) is 119 Å². The number of fused-ring (bicyclic) bond motifs is 3. The largest absolute Gasteiger partial charge is 0.489 e. The van der Waals surface area contributed by atoms with Gasteiger partial charge >= 0.3 is 0 Å². The van der Waals surface area contributed by atoms with E-state index < -0.39 is 33.4 Å². The Labute approximate surface area is 214 Å². The molecule has 3 saturated heterocycles. The summed E-state index contributed by atoms with van der Waals surface area (Å²) in [4.78, 5) is 28.1. The van der Waals surface area contributed by atoms with Gasteiger partial charge < -0.3 is 24.3 Å². The quantitative estimate of drug-likeness (QED) is 0.622. The first-order valence-corrected chi connectivity index (χ1v) is 13.9. The molecule has 1 aromatic heterocycles. The number of ether oxygens (including phenoxy) is 2. The number of piperidine rings is 1. The normalized spacial score (nSPS) is 29.7. The van der Waals surface area contributed by atoms with Gasteiger partial charge in [-0.25, -0.2) is 17.5 Å². The molecule has 1 saturated carbocycles. The van der Waals surface area contributed by atoms with Crippen LogP contribution in [0, 0.1) is 24.6 Å². The minimum Gasteiger partial charge on any atom is -0.489 e. The number of carbonyl (C=O) groups is 2. The molecule has 5 aliphatic rings. The Balaban J connectivity index is 1.25. The Morgan fingerprint density at radius 3 is 2.73 bits per heavy atom. The molecule has 37 heavy (non-hydrogen) atoms. The summed E-state index contributed by atoms with van der Waals surface area (Å²) in [5, 5.41) is 2.70. The molecule has 2 bridgehead atoms. The molecule has 2 aromatic rings. The molecule has 1 aromatic carbocycles. The van der Waals surface area contributed by atoms with Crippen molar-refractivity contribution in [3.05, 3.63) is 41.5 Å². The third kappa shape index (κ3) is 4.02. The van der Waals surface area contributed by atoms with Crippen LogP contribution in [0.1, 0.15) is 35.3 Å². The number of benzene rings is 1. The van der Waals surface area contributed by atoms with E-state index in [2.05, 4.69) is 10.0 Å². The van der Waals surface area contributed by atoms with E-state index in [0.29, 0.717) is 43.3 Å². The van der Waals surface area contributed by atoms with Crippen molar-refractivity contribution >= 4 is 27.5 Å². The number of hydrogen-bond acceptors (Lipinski definition) is 6. The van der Waals surface area contributed by atoms with Crippen LogP contribution in [0.4, 0.5) is 10.1 Å². The number of nitrogens with zero attached hydrogens (tertiary/aromatic N) is 2. The molecule has 0 spiro atoms. The molecular formula is C25H29FN4O6S. The molecule has 4 aliphatic heterocycles. The summed E-state index contributed by atoms with van der Waals surface area (Å²) in [6, 6.07) is 3.77. The summed E-state index contributed by atoms with van der Waals surface area (Å²) in [6.07, 6.45) is 3.31. The monoisotopic (exact) mass is 532 g/mol. The Morgan fingerprint density at radius 2 is 2.03 bits per heavy atom. The van der Waals surface area contributed by atoms with Crippen LogP contribution < -0.4 is 14.8 Å². The highest BCUT2D eigenvalue weighted by Crippen LogP contribution is 2.49. The van der Waals surface area contributed by atoms with E-state index in [0.717, 1.165) is 12.8 Å². The predicted octanol–water partition coefficient (Wildman–Crippen LogP) is 1.79. The van der Waals surface area contributed by atoms with E-state index in [9.17, 15) is 22.4 Å². The van der Waals surface area contributed by atoms with Crippen molar-refractivity contribution < 1.29 is 31.9 Å². The average Bonchev–Trinajstić information content (AvgIpc) is 3.53. The van der Waals surface area contributed by atoms with Crippen LogP contribution in [0.3, 0.4) is 0 Å². The molecule has 0 unspecified atom stereocenters. The van der Waals surface area contributed by atoms with Gasteiger partial charge in [-0.3, -0.25) is 9.59 Å². The summed E-state index contributed by atoms with van der Waals surface area (Å²) < 4.78 is 56.3. The number of nitrogens with one attached hydrogen (secondary N) is 2. The highest BCUT2D eigenvalue weighted by Gasteiger charge is 2.59. The molecule has 2 atom stereocenters. The van der Waals surface area contributed by atoms with Gasteiger partial charge in [0.1, 0.15) is 16.3 Å². The van der Waals surface area contributed by atoms with Crippen molar-refractivity contribution in [3.63, 3.8) is 0 Å². The zero-order chi connectivity index (χ0) is 26.1. The Bertz CT molecular complexity index is 1390. The van der Waals surface area contributed by atoms with Gasteiger partial charge in [-0.2, -0.15) is 0 Å². The predicted molar refractivity (Wildman–Crippen MR) is 130 cm³/mol. The molecule has 2 N–H and O–H groups in total. The second-order valence-corrected chi connectivity index (χ2v) is 12.3. The van der Waals surface area contributed by atoms with E-state index in [1.165, 1.54) is 29.0 Å². The van der Waals surface area contributed by atoms with Crippen LogP contribution in [0.25, 0.3) is 0 Å². The number of amides is 2. The Kier molecular flexibility index (Phi) is 5.62. The van der Waals surface area contributed by atoms with Gasteiger partial charge in [0.05, 0.1) is 13.2 Å². The molecule has 12 heteroatoms. The van der Waals surface area contributed by atoms with Gasteiger partial charge in [0.15, 0.2) is 11.4 Å². The molecular weight excluding hydrogens is 503 g/mol. The number of anilines is 1. The van der Waals surface area contributed by atoms with Crippen molar-refractivity contribution in [1.29, 1.82) is 0 Å². The third-order valence-electron chi connectivity index (χ3n) is 8.01. The summed E-state index contributed by atoms with van der Waals surface area (Å²) in [6.45, 7) is 3.10. The molecule has 7 rings (SSSR count). The molecule has 2 amide bonds. The smallest absolute Gasteiger partial charge is 0.276 e. The number of carbonyl (C=O) groups excluding carboxylic acids is 2. The molecule has 198 valence electrons. The van der Waals surface area contributed by atoms with E-state index in [1.54, 1.807) is 18.9 Å². The second-order valence-electron chi connectivity index (χ2n) is 10.6. The number of likely N-dealkylation sites (tertiary alicyclic amines) is 1. The van der Waals surface area contributed by atoms with Gasteiger partial charge in [-0.15, -0.1) is 0 Å². The number of hydrogen-bond donors (Lipinski definition) is 2. The highest BCUT2D eigenvalue weighted by atomic mass is 32.2. The number of rotatable bonds is 3. The Hall–Kier alpha value is -2.96. The summed E-state index contributed by atoms with van der Waals surface area (Å²) in [5.41, 5.74) is 0.0587. The maximum absolute atomic E-state index is 13.7. The minimum atomic E-state index is -4.00. The Morgan fingerprint density at radius 1 is 1.24 bits per heavy atom. The fourth-order valence-corrected chi connectivity index (χ4v) is 7.52. The summed E-state index contributed by atoms with van der Waals surface area (Å²) in [5.74, 6) is -0.900. The maximum Gasteiger partial charge on any atom is 0.276 e. The number of halogens is 1. The highest BCUT2D eigenvalue weighted by molar-refractivity contribution is 7.89. The van der Waals surface area contributed by atoms with Gasteiger partial charge in [0, 0.05) is 44.0 Å². The zero-order valence-corrected chi connectivity index (χ0v) is 21.4. The third-order valence-corrected chi connectivity index (χ3v) is 9.50. The fraction of sp³-hybridized carbons (Fsp3) is 0.520. The van der Waals surface area contributed by atoms with E-state index in [1.807, 2.05) is 0 Å². The first kappa shape index (κ1) is 24.4. The lowest BCUT2D eigenvalue weighted by atomic mass is 9.73. The zero-order valence-electron chi connectivity index (χ0n) is 20.6. The van der Waals surface area contributed by atoms with E-state index in [4.69, 9.17) is 9.47 Å². The van der Waals surface area contributed by atoms with Crippen LogP contribution >= 0.6 is 0 Å². The molecule has 5 heterocycles. The van der Waals surface area contributed by atoms with Gasteiger partial charge in [-0.05, 0) is 55.9 Å². The lowest BCUT2D eigenvalue weighted by Crippen LogP contribution is -2.60. The summed E-state index contributed by atoms with van der Waals surface area (Å²) in [7, 11) is -2.44. The lowest BCUT2D eigenvalue weighted by Gasteiger charge is -2.44. The van der Waals surface area contributed by atoms with E-state index >= 15 is 0 Å². The fourth-order valence-electron chi connectivity index (χ4n) is 5.99. The number of aromatic nitrogens is 1. The van der Waals surface area contributed by atoms with E-state index in [-0.39, 0.29) is 34.8 Å². The SMILES string of the molecule is Cc1cc(NC(=O)c2c3c(cn2C)S(=O)(=O)N[C@@H]2CCN(C(=O)C45CC(CO4)C5)C[C@@H]2CO3)ccc1F. The number of sulfonamides is 1. The maximum atomic E-state index is 13.7. The number of aryl methyl sites for hydroxylation is 2. The van der Waals surface area contributed by atoms with Crippen molar-refractivity contribution in [1.82, 2.24) is 14.2 Å². The average molecular weight is 533 g/mol. The van der Waals surface area contributed by atoms with Crippen molar-refractivity contribution in [2.24, 2.45) is 18.9 Å². The van der Waals surface area contributed by atoms with Crippen LogP contribution in [-0.4, -0.2) is 67.6 Å². The van der Waals surface area contributed by atoms with Gasteiger partial charge in [0.25, 0.3) is 11.8 Å². The van der Waals surface area contributed by atoms with Crippen molar-refractivity contribution in [2.45, 2.75) is 42.7 Å². The first-order valence-electron chi connectivity index (χ1n) is 12.4. The summed E-state index contributed by atoms with van der Waals surface area (Å²) >= 11 is 0. The second kappa shape index (κ2) is 8.53.